The lowest BCUT2D eigenvalue weighted by atomic mass is 10.1. The normalized spacial score (nSPS) is 10.9. The summed E-state index contributed by atoms with van der Waals surface area (Å²) in [7, 11) is 0. The molecule has 2 aromatic carbocycles. The van der Waals surface area contributed by atoms with Gasteiger partial charge in [-0.3, -0.25) is 4.79 Å². The summed E-state index contributed by atoms with van der Waals surface area (Å²) in [6.45, 7) is 2.94. The van der Waals surface area contributed by atoms with Gasteiger partial charge in [0.05, 0.1) is 6.54 Å². The number of ether oxygens (including phenoxy) is 1. The summed E-state index contributed by atoms with van der Waals surface area (Å²) >= 11 is 1.63. The van der Waals surface area contributed by atoms with Crippen molar-refractivity contribution in [3.05, 3.63) is 98.5 Å². The predicted molar refractivity (Wildman–Crippen MR) is 123 cm³/mol. The van der Waals surface area contributed by atoms with Gasteiger partial charge >= 0.3 is 5.63 Å². The highest BCUT2D eigenvalue weighted by Gasteiger charge is 2.16. The van der Waals surface area contributed by atoms with Crippen LogP contribution in [0.1, 0.15) is 16.0 Å². The molecule has 0 aliphatic carbocycles. The molecule has 0 atom stereocenters. The Labute approximate surface area is 184 Å². The van der Waals surface area contributed by atoms with E-state index in [0.29, 0.717) is 24.4 Å². The molecule has 5 nitrogen and oxygen atoms in total. The van der Waals surface area contributed by atoms with Gasteiger partial charge < -0.3 is 14.1 Å². The Kier molecular flexibility index (Phi) is 6.48. The number of nitrogens with zero attached hydrogens (tertiary/aromatic N) is 1. The maximum absolute atomic E-state index is 13.0. The topological polar surface area (TPSA) is 59.8 Å². The van der Waals surface area contributed by atoms with E-state index in [4.69, 9.17) is 9.15 Å². The van der Waals surface area contributed by atoms with Gasteiger partial charge in [-0.2, -0.15) is 0 Å². The van der Waals surface area contributed by atoms with Gasteiger partial charge in [0.15, 0.2) is 6.61 Å². The highest BCUT2D eigenvalue weighted by atomic mass is 32.1. The van der Waals surface area contributed by atoms with E-state index < -0.39 is 5.63 Å². The molecule has 0 unspecified atom stereocenters. The highest BCUT2D eigenvalue weighted by Crippen LogP contribution is 2.22. The number of fused-ring (bicyclic) bond motifs is 1. The van der Waals surface area contributed by atoms with Crippen LogP contribution in [0.3, 0.4) is 0 Å². The molecule has 4 aromatic rings. The monoisotopic (exact) mass is 433 g/mol. The van der Waals surface area contributed by atoms with E-state index in [1.165, 1.54) is 11.6 Å². The van der Waals surface area contributed by atoms with Crippen LogP contribution in [0.25, 0.3) is 11.0 Å². The lowest BCUT2D eigenvalue weighted by molar-refractivity contribution is -0.133. The number of hydrogen-bond acceptors (Lipinski definition) is 5. The van der Waals surface area contributed by atoms with Gasteiger partial charge in [-0.1, -0.05) is 36.4 Å². The van der Waals surface area contributed by atoms with Crippen LogP contribution in [0, 0.1) is 6.92 Å². The van der Waals surface area contributed by atoms with Crippen LogP contribution in [0.2, 0.25) is 0 Å². The first-order chi connectivity index (χ1) is 15.1. The van der Waals surface area contributed by atoms with Crippen molar-refractivity contribution in [2.75, 3.05) is 13.2 Å². The molecule has 0 saturated heterocycles. The van der Waals surface area contributed by atoms with Crippen molar-refractivity contribution < 1.29 is 13.9 Å². The molecule has 2 heterocycles. The molecule has 158 valence electrons. The van der Waals surface area contributed by atoms with E-state index in [9.17, 15) is 9.59 Å². The quantitative estimate of drug-likeness (QED) is 0.374. The van der Waals surface area contributed by atoms with Gasteiger partial charge in [-0.05, 0) is 48.1 Å². The summed E-state index contributed by atoms with van der Waals surface area (Å²) in [5.41, 5.74) is 2.08. The molecule has 0 saturated carbocycles. The smallest absolute Gasteiger partial charge is 0.336 e. The van der Waals surface area contributed by atoms with Crippen LogP contribution < -0.4 is 10.4 Å². The number of carbonyl (C=O) groups is 1. The molecule has 0 fully saturated rings. The Hall–Kier alpha value is -3.38. The third-order valence-corrected chi connectivity index (χ3v) is 5.94. The Bertz CT molecular complexity index is 1220. The minimum absolute atomic E-state index is 0.0816. The van der Waals surface area contributed by atoms with Crippen LogP contribution in [0.15, 0.2) is 81.3 Å². The second-order valence-electron chi connectivity index (χ2n) is 7.33. The predicted octanol–water partition coefficient (Wildman–Crippen LogP) is 4.81. The largest absolute Gasteiger partial charge is 0.484 e. The molecule has 0 radical (unpaired) electrons. The van der Waals surface area contributed by atoms with Crippen LogP contribution in [-0.2, 0) is 17.8 Å². The van der Waals surface area contributed by atoms with Crippen LogP contribution >= 0.6 is 11.3 Å². The Morgan fingerprint density at radius 3 is 2.68 bits per heavy atom. The van der Waals surface area contributed by atoms with Gasteiger partial charge in [-0.15, -0.1) is 11.3 Å². The van der Waals surface area contributed by atoms with E-state index in [2.05, 4.69) is 12.1 Å². The summed E-state index contributed by atoms with van der Waals surface area (Å²) in [5.74, 6) is 0.406. The van der Waals surface area contributed by atoms with Gasteiger partial charge in [0.25, 0.3) is 5.91 Å². The highest BCUT2D eigenvalue weighted by molar-refractivity contribution is 7.09. The van der Waals surface area contributed by atoms with Crippen molar-refractivity contribution in [2.45, 2.75) is 19.9 Å². The van der Waals surface area contributed by atoms with Crippen molar-refractivity contribution in [1.29, 1.82) is 0 Å². The fourth-order valence-corrected chi connectivity index (χ4v) is 4.14. The fourth-order valence-electron chi connectivity index (χ4n) is 3.42. The van der Waals surface area contributed by atoms with Crippen molar-refractivity contribution in [1.82, 2.24) is 4.90 Å². The molecule has 0 aliphatic heterocycles. The standard InChI is InChI=1S/C25H23NO4S/c1-18-14-25(28)30-23-15-20(9-10-22(18)23)29-17-24(27)26(16-21-8-5-13-31-21)12-11-19-6-3-2-4-7-19/h2-10,13-15H,11-12,16-17H2,1H3. The minimum Gasteiger partial charge on any atom is -0.484 e. The zero-order chi connectivity index (χ0) is 21.6. The van der Waals surface area contributed by atoms with Crippen molar-refractivity contribution in [2.24, 2.45) is 0 Å². The number of amides is 1. The SMILES string of the molecule is Cc1cc(=O)oc2cc(OCC(=O)N(CCc3ccccc3)Cc3cccs3)ccc12. The van der Waals surface area contributed by atoms with E-state index >= 15 is 0 Å². The first-order valence-electron chi connectivity index (χ1n) is 10.1. The maximum Gasteiger partial charge on any atom is 0.336 e. The molecular formula is C25H23NO4S. The summed E-state index contributed by atoms with van der Waals surface area (Å²) in [5, 5.41) is 2.86. The van der Waals surface area contributed by atoms with Crippen molar-refractivity contribution >= 4 is 28.2 Å². The zero-order valence-electron chi connectivity index (χ0n) is 17.2. The number of benzene rings is 2. The molecule has 0 bridgehead atoms. The summed E-state index contributed by atoms with van der Waals surface area (Å²) < 4.78 is 11.0. The first-order valence-corrected chi connectivity index (χ1v) is 11.0. The van der Waals surface area contributed by atoms with Crippen molar-refractivity contribution in [3.63, 3.8) is 0 Å². The Morgan fingerprint density at radius 2 is 1.90 bits per heavy atom. The van der Waals surface area contributed by atoms with E-state index in [0.717, 1.165) is 22.2 Å². The second-order valence-corrected chi connectivity index (χ2v) is 8.36. The molecule has 31 heavy (non-hydrogen) atoms. The molecule has 0 spiro atoms. The molecule has 6 heteroatoms. The first kappa shape index (κ1) is 20.9. The third-order valence-electron chi connectivity index (χ3n) is 5.08. The number of thiophene rings is 1. The van der Waals surface area contributed by atoms with Gasteiger partial charge in [0, 0.05) is 28.9 Å². The van der Waals surface area contributed by atoms with E-state index in [1.54, 1.807) is 23.5 Å². The number of carbonyl (C=O) groups excluding carboxylic acids is 1. The fraction of sp³-hybridized carbons (Fsp3) is 0.200. The van der Waals surface area contributed by atoms with Crippen LogP contribution in [-0.4, -0.2) is 24.0 Å². The van der Waals surface area contributed by atoms with E-state index in [1.807, 2.05) is 53.6 Å². The Balaban J connectivity index is 1.45. The molecule has 0 aliphatic rings. The summed E-state index contributed by atoms with van der Waals surface area (Å²) in [4.78, 5) is 27.6. The third kappa shape index (κ3) is 5.41. The average molecular weight is 434 g/mol. The van der Waals surface area contributed by atoms with Gasteiger partial charge in [0.2, 0.25) is 0 Å². The van der Waals surface area contributed by atoms with E-state index in [-0.39, 0.29) is 12.5 Å². The molecule has 4 rings (SSSR count). The minimum atomic E-state index is -0.402. The number of hydrogen-bond donors (Lipinski definition) is 0. The Morgan fingerprint density at radius 1 is 1.06 bits per heavy atom. The second kappa shape index (κ2) is 9.62. The molecule has 2 aromatic heterocycles. The lowest BCUT2D eigenvalue weighted by Gasteiger charge is -2.22. The average Bonchev–Trinajstić information content (AvgIpc) is 3.28. The number of aryl methyl sites for hydroxylation is 1. The maximum atomic E-state index is 13.0. The molecule has 1 amide bonds. The zero-order valence-corrected chi connectivity index (χ0v) is 18.1. The van der Waals surface area contributed by atoms with Gasteiger partial charge in [0.1, 0.15) is 11.3 Å². The van der Waals surface area contributed by atoms with Crippen LogP contribution in [0.5, 0.6) is 5.75 Å². The molecular weight excluding hydrogens is 410 g/mol. The van der Waals surface area contributed by atoms with Crippen LogP contribution in [0.4, 0.5) is 0 Å². The number of rotatable bonds is 8. The summed E-state index contributed by atoms with van der Waals surface area (Å²) in [6.07, 6.45) is 0.776. The van der Waals surface area contributed by atoms with Crippen molar-refractivity contribution in [3.8, 4) is 5.75 Å². The summed E-state index contributed by atoms with van der Waals surface area (Å²) in [6, 6.07) is 20.9. The molecule has 0 N–H and O–H groups in total. The lowest BCUT2D eigenvalue weighted by Crippen LogP contribution is -2.35. The van der Waals surface area contributed by atoms with Gasteiger partial charge in [-0.25, -0.2) is 4.79 Å².